The van der Waals surface area contributed by atoms with Crippen LogP contribution < -0.4 is 0 Å². The Hall–Kier alpha value is -1.35. The summed E-state index contributed by atoms with van der Waals surface area (Å²) in [5.74, 6) is -0.599. The Labute approximate surface area is 94.7 Å². The minimum Gasteiger partial charge on any atom is -0.479 e. The van der Waals surface area contributed by atoms with Crippen molar-refractivity contribution in [3.8, 4) is 0 Å². The van der Waals surface area contributed by atoms with Crippen LogP contribution in [0, 0.1) is 5.92 Å². The van der Waals surface area contributed by atoms with Gasteiger partial charge in [-0.2, -0.15) is 0 Å². The molecule has 2 rings (SSSR count). The number of benzene rings is 1. The Bertz CT molecular complexity index is 435. The first-order valence-corrected chi connectivity index (χ1v) is 5.49. The molecule has 3 heteroatoms. The largest absolute Gasteiger partial charge is 0.479 e. The number of rotatable bonds is 2. The van der Waals surface area contributed by atoms with Gasteiger partial charge in [-0.15, -0.1) is 0 Å². The van der Waals surface area contributed by atoms with Gasteiger partial charge in [0, 0.05) is 0 Å². The van der Waals surface area contributed by atoms with Gasteiger partial charge in [0.25, 0.3) is 0 Å². The van der Waals surface area contributed by atoms with E-state index in [2.05, 4.69) is 6.92 Å². The summed E-state index contributed by atoms with van der Waals surface area (Å²) in [7, 11) is 0. The molecule has 1 aromatic rings. The van der Waals surface area contributed by atoms with Crippen LogP contribution in [-0.4, -0.2) is 16.2 Å². The van der Waals surface area contributed by atoms with Crippen LogP contribution in [0.15, 0.2) is 18.2 Å². The predicted molar refractivity (Wildman–Crippen MR) is 60.2 cm³/mol. The van der Waals surface area contributed by atoms with Crippen molar-refractivity contribution in [2.24, 2.45) is 5.92 Å². The van der Waals surface area contributed by atoms with Gasteiger partial charge >= 0.3 is 5.97 Å². The van der Waals surface area contributed by atoms with Crippen LogP contribution in [0.4, 0.5) is 0 Å². The van der Waals surface area contributed by atoms with Crippen molar-refractivity contribution in [2.45, 2.75) is 32.3 Å². The monoisotopic (exact) mass is 220 g/mol. The number of hydrogen-bond donors (Lipinski definition) is 2. The van der Waals surface area contributed by atoms with E-state index in [-0.39, 0.29) is 0 Å². The molecule has 1 aliphatic rings. The van der Waals surface area contributed by atoms with E-state index in [4.69, 9.17) is 5.11 Å². The van der Waals surface area contributed by atoms with Gasteiger partial charge in [0.2, 0.25) is 0 Å². The second-order valence-corrected chi connectivity index (χ2v) is 4.87. The lowest BCUT2D eigenvalue weighted by Crippen LogP contribution is -2.31. The number of fused-ring (bicyclic) bond motifs is 1. The van der Waals surface area contributed by atoms with Gasteiger partial charge < -0.3 is 10.2 Å². The fourth-order valence-corrected chi connectivity index (χ4v) is 2.26. The molecule has 86 valence electrons. The smallest absolute Gasteiger partial charge is 0.340 e. The van der Waals surface area contributed by atoms with Crippen molar-refractivity contribution < 1.29 is 15.0 Å². The van der Waals surface area contributed by atoms with Gasteiger partial charge in [-0.25, -0.2) is 4.79 Å². The summed E-state index contributed by atoms with van der Waals surface area (Å²) in [5, 5.41) is 18.8. The maximum atomic E-state index is 10.9. The van der Waals surface area contributed by atoms with Gasteiger partial charge in [-0.05, 0) is 42.4 Å². The van der Waals surface area contributed by atoms with Crippen molar-refractivity contribution in [3.63, 3.8) is 0 Å². The van der Waals surface area contributed by atoms with Crippen LogP contribution in [0.1, 0.15) is 30.5 Å². The average Bonchev–Trinajstić information content (AvgIpc) is 2.56. The molecule has 2 unspecified atom stereocenters. The Kier molecular flexibility index (Phi) is 2.50. The van der Waals surface area contributed by atoms with Gasteiger partial charge in [-0.3, -0.25) is 0 Å². The second-order valence-electron chi connectivity index (χ2n) is 4.87. The van der Waals surface area contributed by atoms with Crippen LogP contribution in [0.2, 0.25) is 0 Å². The first-order chi connectivity index (χ1) is 7.41. The summed E-state index contributed by atoms with van der Waals surface area (Å²) in [6.45, 7) is 3.49. The normalized spacial score (nSPS) is 22.6. The highest BCUT2D eigenvalue weighted by Gasteiger charge is 2.33. The lowest BCUT2D eigenvalue weighted by atomic mass is 9.93. The lowest BCUT2D eigenvalue weighted by Gasteiger charge is -2.19. The van der Waals surface area contributed by atoms with Crippen LogP contribution in [0.25, 0.3) is 0 Å². The molecule has 0 saturated heterocycles. The molecule has 0 amide bonds. The van der Waals surface area contributed by atoms with Crippen LogP contribution >= 0.6 is 0 Å². The first kappa shape index (κ1) is 11.1. The van der Waals surface area contributed by atoms with Crippen molar-refractivity contribution in [1.29, 1.82) is 0 Å². The summed E-state index contributed by atoms with van der Waals surface area (Å²) in [6.07, 6.45) is 2.02. The van der Waals surface area contributed by atoms with E-state index in [0.29, 0.717) is 11.5 Å². The zero-order valence-electron chi connectivity index (χ0n) is 9.53. The van der Waals surface area contributed by atoms with E-state index >= 15 is 0 Å². The highest BCUT2D eigenvalue weighted by Crippen LogP contribution is 2.30. The Balaban J connectivity index is 2.40. The highest BCUT2D eigenvalue weighted by molar-refractivity contribution is 5.78. The zero-order chi connectivity index (χ0) is 11.9. The molecule has 3 nitrogen and oxygen atoms in total. The summed E-state index contributed by atoms with van der Waals surface area (Å²) < 4.78 is 0. The fraction of sp³-hybridized carbons (Fsp3) is 0.462. The number of aliphatic hydroxyl groups is 1. The standard InChI is InChI=1S/C13H16O3/c1-8-5-9-3-4-11(7-10(9)6-8)13(2,16)12(14)15/h3-4,7-8,16H,5-6H2,1-2H3,(H,14,15). The molecule has 16 heavy (non-hydrogen) atoms. The van der Waals surface area contributed by atoms with E-state index in [1.807, 2.05) is 12.1 Å². The summed E-state index contributed by atoms with van der Waals surface area (Å²) >= 11 is 0. The third kappa shape index (κ3) is 1.71. The quantitative estimate of drug-likeness (QED) is 0.797. The predicted octanol–water partition coefficient (Wildman–Crippen LogP) is 1.71. The molecule has 2 N–H and O–H groups in total. The molecule has 1 aliphatic carbocycles. The number of carbonyl (C=O) groups is 1. The van der Waals surface area contributed by atoms with E-state index in [0.717, 1.165) is 12.8 Å². The Morgan fingerprint density at radius 1 is 1.38 bits per heavy atom. The second kappa shape index (κ2) is 3.59. The van der Waals surface area contributed by atoms with Crippen molar-refractivity contribution in [1.82, 2.24) is 0 Å². The highest BCUT2D eigenvalue weighted by atomic mass is 16.4. The van der Waals surface area contributed by atoms with Gasteiger partial charge in [0.15, 0.2) is 5.60 Å². The molecular weight excluding hydrogens is 204 g/mol. The molecule has 0 aromatic heterocycles. The maximum absolute atomic E-state index is 10.9. The molecule has 0 fully saturated rings. The molecule has 0 aliphatic heterocycles. The van der Waals surface area contributed by atoms with Gasteiger partial charge in [0.1, 0.15) is 0 Å². The molecule has 0 heterocycles. The van der Waals surface area contributed by atoms with Crippen LogP contribution in [-0.2, 0) is 23.2 Å². The third-order valence-corrected chi connectivity index (χ3v) is 3.32. The first-order valence-electron chi connectivity index (χ1n) is 5.49. The SMILES string of the molecule is CC1Cc2ccc(C(C)(O)C(=O)O)cc2C1. The zero-order valence-corrected chi connectivity index (χ0v) is 9.53. The summed E-state index contributed by atoms with van der Waals surface area (Å²) in [5.41, 5.74) is 1.12. The Morgan fingerprint density at radius 2 is 2.00 bits per heavy atom. The minimum absolute atomic E-state index is 0.466. The number of carboxylic acids is 1. The van der Waals surface area contributed by atoms with Crippen molar-refractivity contribution in [3.05, 3.63) is 34.9 Å². The molecule has 0 saturated carbocycles. The Morgan fingerprint density at radius 3 is 2.62 bits per heavy atom. The molecule has 1 aromatic carbocycles. The molecule has 0 radical (unpaired) electrons. The van der Waals surface area contributed by atoms with Crippen molar-refractivity contribution in [2.75, 3.05) is 0 Å². The van der Waals surface area contributed by atoms with E-state index in [1.165, 1.54) is 18.1 Å². The fourth-order valence-electron chi connectivity index (χ4n) is 2.26. The minimum atomic E-state index is -1.79. The molecule has 2 atom stereocenters. The third-order valence-electron chi connectivity index (χ3n) is 3.32. The molecule has 0 bridgehead atoms. The maximum Gasteiger partial charge on any atom is 0.340 e. The van der Waals surface area contributed by atoms with E-state index < -0.39 is 11.6 Å². The molecule has 0 spiro atoms. The van der Waals surface area contributed by atoms with Crippen LogP contribution in [0.3, 0.4) is 0 Å². The molecular formula is C13H16O3. The van der Waals surface area contributed by atoms with Gasteiger partial charge in [-0.1, -0.05) is 25.1 Å². The number of aliphatic carboxylic acids is 1. The topological polar surface area (TPSA) is 57.5 Å². The number of carboxylic acid groups (broad SMARTS) is 1. The van der Waals surface area contributed by atoms with Gasteiger partial charge in [0.05, 0.1) is 0 Å². The summed E-state index contributed by atoms with van der Waals surface area (Å²) in [6, 6.07) is 5.48. The van der Waals surface area contributed by atoms with E-state index in [9.17, 15) is 9.90 Å². The lowest BCUT2D eigenvalue weighted by molar-refractivity contribution is -0.157. The van der Waals surface area contributed by atoms with Crippen LogP contribution in [0.5, 0.6) is 0 Å². The van der Waals surface area contributed by atoms with Crippen molar-refractivity contribution >= 4 is 5.97 Å². The summed E-state index contributed by atoms with van der Waals surface area (Å²) in [4.78, 5) is 10.9. The number of hydrogen-bond acceptors (Lipinski definition) is 2. The average molecular weight is 220 g/mol. The van der Waals surface area contributed by atoms with E-state index in [1.54, 1.807) is 6.07 Å².